The van der Waals surface area contributed by atoms with E-state index in [1.54, 1.807) is 26.0 Å². The Morgan fingerprint density at radius 3 is 2.40 bits per heavy atom. The van der Waals surface area contributed by atoms with Gasteiger partial charge in [0.25, 0.3) is 0 Å². The van der Waals surface area contributed by atoms with E-state index in [0.29, 0.717) is 0 Å². The van der Waals surface area contributed by atoms with Gasteiger partial charge in [0.15, 0.2) is 0 Å². The Kier molecular flexibility index (Phi) is 6.50. The second-order valence-corrected chi connectivity index (χ2v) is 2.34. The van der Waals surface area contributed by atoms with Crippen molar-refractivity contribution in [2.45, 2.75) is 13.8 Å². The van der Waals surface area contributed by atoms with Gasteiger partial charge < -0.3 is 15.0 Å². The Morgan fingerprint density at radius 1 is 1.33 bits per heavy atom. The first-order valence-corrected chi connectivity index (χ1v) is 4.34. The van der Waals surface area contributed by atoms with Crippen LogP contribution in [-0.4, -0.2) is 35.7 Å². The Bertz CT molecular complexity index is 316. The zero-order chi connectivity index (χ0) is 11.7. The molecule has 82 valence electrons. The summed E-state index contributed by atoms with van der Waals surface area (Å²) in [5, 5.41) is 0. The molecule has 0 rings (SSSR count). The number of hydrogen-bond donors (Lipinski definition) is 0. The predicted octanol–water partition coefficient (Wildman–Crippen LogP) is 0.340. The Balaban J connectivity index is 4.37. The van der Waals surface area contributed by atoms with Crippen LogP contribution in [0.5, 0.6) is 0 Å². The Labute approximate surface area is 87.1 Å². The molecule has 6 heteroatoms. The summed E-state index contributed by atoms with van der Waals surface area (Å²) in [4.78, 5) is 24.7. The lowest BCUT2D eigenvalue weighted by Gasteiger charge is -1.97. The first kappa shape index (κ1) is 13.1. The van der Waals surface area contributed by atoms with Gasteiger partial charge in [-0.05, 0) is 13.8 Å². The molecule has 0 amide bonds. The van der Waals surface area contributed by atoms with Gasteiger partial charge in [0, 0.05) is 0 Å². The number of rotatable bonds is 5. The second-order valence-electron chi connectivity index (χ2n) is 2.34. The van der Waals surface area contributed by atoms with Crippen LogP contribution in [0.15, 0.2) is 12.2 Å². The van der Waals surface area contributed by atoms with Crippen molar-refractivity contribution < 1.29 is 23.9 Å². The maximum Gasteiger partial charge on any atom is 0.482 e. The van der Waals surface area contributed by atoms with Gasteiger partial charge in [0.2, 0.25) is 0 Å². The first-order valence-electron chi connectivity index (χ1n) is 4.34. The largest absolute Gasteiger partial charge is 0.482 e. The van der Waals surface area contributed by atoms with Gasteiger partial charge in [-0.1, -0.05) is 12.2 Å². The van der Waals surface area contributed by atoms with Crippen LogP contribution >= 0.6 is 0 Å². The summed E-state index contributed by atoms with van der Waals surface area (Å²) in [6.45, 7) is 3.41. The monoisotopic (exact) mass is 212 g/mol. The molecule has 0 saturated carbocycles. The maximum absolute atomic E-state index is 11.1. The van der Waals surface area contributed by atoms with Gasteiger partial charge in [-0.25, -0.2) is 9.59 Å². The van der Waals surface area contributed by atoms with Crippen LogP contribution < -0.4 is 0 Å². The summed E-state index contributed by atoms with van der Waals surface area (Å²) in [5.74, 6) is -2.03. The maximum atomic E-state index is 11.1. The number of carbonyl (C=O) groups excluding carboxylic acids is 2. The molecule has 0 radical (unpaired) electrons. The zero-order valence-electron chi connectivity index (χ0n) is 8.60. The molecule has 0 saturated heterocycles. The van der Waals surface area contributed by atoms with E-state index >= 15 is 0 Å². The number of esters is 2. The highest BCUT2D eigenvalue weighted by Crippen LogP contribution is 1.87. The van der Waals surface area contributed by atoms with E-state index in [0.717, 1.165) is 0 Å². The normalized spacial score (nSPS) is 9.47. The standard InChI is InChI=1S/C9H12N2O4/c1-3-5-6-15-9(13)7(11-10)8(12)14-4-2/h3,5H,4,6H2,1-2H3/b5-3+. The molecule has 0 spiro atoms. The first-order chi connectivity index (χ1) is 7.17. The van der Waals surface area contributed by atoms with E-state index in [1.807, 2.05) is 0 Å². The van der Waals surface area contributed by atoms with Crippen LogP contribution in [0.2, 0.25) is 0 Å². The molecule has 15 heavy (non-hydrogen) atoms. The van der Waals surface area contributed by atoms with Gasteiger partial charge in [-0.3, -0.25) is 0 Å². The quantitative estimate of drug-likeness (QED) is 0.164. The molecule has 0 aromatic rings. The lowest BCUT2D eigenvalue weighted by Crippen LogP contribution is -2.29. The SMILES string of the molecule is C/C=C/COC(=O)C(=[N+]=[N-])C(=O)OCC. The molecule has 0 aromatic heterocycles. The third-order valence-electron chi connectivity index (χ3n) is 1.31. The van der Waals surface area contributed by atoms with E-state index in [1.165, 1.54) is 0 Å². The van der Waals surface area contributed by atoms with Crippen LogP contribution in [0.25, 0.3) is 5.53 Å². The van der Waals surface area contributed by atoms with Gasteiger partial charge in [0.05, 0.1) is 6.61 Å². The van der Waals surface area contributed by atoms with Crippen LogP contribution in [-0.2, 0) is 19.1 Å². The molecule has 0 N–H and O–H groups in total. The molecule has 0 bridgehead atoms. The molecule has 6 nitrogen and oxygen atoms in total. The Hall–Kier alpha value is -1.94. The average molecular weight is 212 g/mol. The summed E-state index contributed by atoms with van der Waals surface area (Å²) >= 11 is 0. The lowest BCUT2D eigenvalue weighted by molar-refractivity contribution is -0.148. The number of ether oxygens (including phenoxy) is 2. The van der Waals surface area contributed by atoms with E-state index in [-0.39, 0.29) is 13.2 Å². The van der Waals surface area contributed by atoms with E-state index in [9.17, 15) is 9.59 Å². The fourth-order valence-corrected chi connectivity index (χ4v) is 0.653. The molecule has 0 unspecified atom stereocenters. The lowest BCUT2D eigenvalue weighted by atomic mass is 10.4. The van der Waals surface area contributed by atoms with Crippen molar-refractivity contribution in [1.82, 2.24) is 0 Å². The number of carbonyl (C=O) groups is 2. The van der Waals surface area contributed by atoms with Crippen LogP contribution in [0.4, 0.5) is 0 Å². The second kappa shape index (κ2) is 7.46. The van der Waals surface area contributed by atoms with Crippen molar-refractivity contribution in [2.24, 2.45) is 0 Å². The molecule has 0 atom stereocenters. The molecule has 0 aliphatic carbocycles. The van der Waals surface area contributed by atoms with E-state index in [4.69, 9.17) is 5.53 Å². The highest BCUT2D eigenvalue weighted by atomic mass is 16.6. The van der Waals surface area contributed by atoms with Crippen molar-refractivity contribution in [1.29, 1.82) is 0 Å². The number of hydrogen-bond acceptors (Lipinski definition) is 4. The van der Waals surface area contributed by atoms with Gasteiger partial charge in [0.1, 0.15) is 6.61 Å². The fourth-order valence-electron chi connectivity index (χ4n) is 0.653. The third-order valence-corrected chi connectivity index (χ3v) is 1.31. The summed E-state index contributed by atoms with van der Waals surface area (Å²) in [6, 6.07) is 0. The minimum Gasteiger partial charge on any atom is -0.457 e. The summed E-state index contributed by atoms with van der Waals surface area (Å²) < 4.78 is 9.06. The number of nitrogens with zero attached hydrogens (tertiary/aromatic N) is 2. The minimum atomic E-state index is -1.02. The van der Waals surface area contributed by atoms with Crippen molar-refractivity contribution in [3.63, 3.8) is 0 Å². The van der Waals surface area contributed by atoms with E-state index in [2.05, 4.69) is 14.3 Å². The topological polar surface area (TPSA) is 89.0 Å². The van der Waals surface area contributed by atoms with Crippen LogP contribution in [0.3, 0.4) is 0 Å². The summed E-state index contributed by atoms with van der Waals surface area (Å²) in [7, 11) is 0. The van der Waals surface area contributed by atoms with Gasteiger partial charge in [-0.2, -0.15) is 4.79 Å². The Morgan fingerprint density at radius 2 is 1.93 bits per heavy atom. The molecule has 0 aliphatic rings. The zero-order valence-corrected chi connectivity index (χ0v) is 8.60. The number of allylic oxidation sites excluding steroid dienone is 1. The van der Waals surface area contributed by atoms with Crippen molar-refractivity contribution >= 4 is 17.7 Å². The fraction of sp³-hybridized carbons (Fsp3) is 0.444. The molecule has 0 aliphatic heterocycles. The highest BCUT2D eigenvalue weighted by molar-refractivity contribution is 6.60. The molecular weight excluding hydrogens is 200 g/mol. The van der Waals surface area contributed by atoms with Crippen molar-refractivity contribution in [2.75, 3.05) is 13.2 Å². The van der Waals surface area contributed by atoms with Crippen molar-refractivity contribution in [3.8, 4) is 0 Å². The molecular formula is C9H12N2O4. The van der Waals surface area contributed by atoms with Gasteiger partial charge >= 0.3 is 17.7 Å². The highest BCUT2D eigenvalue weighted by Gasteiger charge is 2.32. The molecule has 0 fully saturated rings. The average Bonchev–Trinajstić information content (AvgIpc) is 2.19. The predicted molar refractivity (Wildman–Crippen MR) is 51.0 cm³/mol. The molecule has 0 aromatic carbocycles. The van der Waals surface area contributed by atoms with Crippen LogP contribution in [0, 0.1) is 0 Å². The minimum absolute atomic E-state index is 0.00770. The smallest absolute Gasteiger partial charge is 0.457 e. The third kappa shape index (κ3) is 4.73. The van der Waals surface area contributed by atoms with E-state index < -0.39 is 17.7 Å². The summed E-state index contributed by atoms with van der Waals surface area (Å²) in [5.41, 5.74) is 7.66. The molecule has 0 heterocycles. The van der Waals surface area contributed by atoms with Crippen LogP contribution in [0.1, 0.15) is 13.8 Å². The van der Waals surface area contributed by atoms with Gasteiger partial charge in [-0.15, -0.1) is 0 Å². The summed E-state index contributed by atoms with van der Waals surface area (Å²) in [6.07, 6.45) is 3.24. The van der Waals surface area contributed by atoms with Crippen molar-refractivity contribution in [3.05, 3.63) is 17.7 Å².